The minimum absolute atomic E-state index is 0.0335. The Kier molecular flexibility index (Phi) is 3.50. The molecule has 0 aromatic carbocycles. The Morgan fingerprint density at radius 1 is 1.60 bits per heavy atom. The van der Waals surface area contributed by atoms with Crippen LogP contribution in [0.4, 0.5) is 0 Å². The predicted molar refractivity (Wildman–Crippen MR) is 58.2 cm³/mol. The standard InChI is InChI=1S/C11H18N2O2/c1-5-7(3)13-9(6-2)10(14)12-8(4)11(13)15/h5,7-9H,1,6H2,2-4H3,(H,12,14). The van der Waals surface area contributed by atoms with E-state index in [0.717, 1.165) is 0 Å². The van der Waals surface area contributed by atoms with Crippen LogP contribution in [-0.4, -0.2) is 34.8 Å². The lowest BCUT2D eigenvalue weighted by molar-refractivity contribution is -0.150. The SMILES string of the molecule is C=CC(C)N1C(=O)C(C)NC(=O)C1CC. The molecule has 1 aliphatic rings. The molecule has 3 atom stereocenters. The molecule has 1 heterocycles. The van der Waals surface area contributed by atoms with Crippen molar-refractivity contribution in [2.75, 3.05) is 0 Å². The first kappa shape index (κ1) is 11.8. The van der Waals surface area contributed by atoms with Crippen LogP contribution in [0, 0.1) is 0 Å². The minimum atomic E-state index is -0.428. The molecule has 0 aromatic rings. The van der Waals surface area contributed by atoms with Gasteiger partial charge in [-0.25, -0.2) is 0 Å². The van der Waals surface area contributed by atoms with Gasteiger partial charge in [-0.3, -0.25) is 9.59 Å². The van der Waals surface area contributed by atoms with Crippen molar-refractivity contribution in [1.82, 2.24) is 10.2 Å². The van der Waals surface area contributed by atoms with Gasteiger partial charge in [0.1, 0.15) is 12.1 Å². The molecule has 1 aliphatic heterocycles. The van der Waals surface area contributed by atoms with Gasteiger partial charge in [0.05, 0.1) is 0 Å². The number of carbonyl (C=O) groups excluding carboxylic acids is 2. The van der Waals surface area contributed by atoms with E-state index in [0.29, 0.717) is 6.42 Å². The fraction of sp³-hybridized carbons (Fsp3) is 0.636. The van der Waals surface area contributed by atoms with Crippen LogP contribution in [-0.2, 0) is 9.59 Å². The zero-order chi connectivity index (χ0) is 11.6. The predicted octanol–water partition coefficient (Wildman–Crippen LogP) is 0.686. The quantitative estimate of drug-likeness (QED) is 0.697. The van der Waals surface area contributed by atoms with Crippen LogP contribution in [0.25, 0.3) is 0 Å². The van der Waals surface area contributed by atoms with Crippen LogP contribution in [0.3, 0.4) is 0 Å². The Morgan fingerprint density at radius 3 is 2.67 bits per heavy atom. The van der Waals surface area contributed by atoms with Crippen molar-refractivity contribution in [3.63, 3.8) is 0 Å². The number of nitrogens with zero attached hydrogens (tertiary/aromatic N) is 1. The molecule has 2 amide bonds. The number of amides is 2. The third kappa shape index (κ3) is 2.03. The van der Waals surface area contributed by atoms with Gasteiger partial charge in [-0.2, -0.15) is 0 Å². The van der Waals surface area contributed by atoms with Crippen molar-refractivity contribution in [1.29, 1.82) is 0 Å². The summed E-state index contributed by atoms with van der Waals surface area (Å²) in [6.45, 7) is 9.14. The van der Waals surface area contributed by atoms with Gasteiger partial charge in [-0.1, -0.05) is 13.0 Å². The fourth-order valence-corrected chi connectivity index (χ4v) is 1.86. The highest BCUT2D eigenvalue weighted by molar-refractivity contribution is 5.96. The third-order valence-corrected chi connectivity index (χ3v) is 2.79. The third-order valence-electron chi connectivity index (χ3n) is 2.79. The van der Waals surface area contributed by atoms with Crippen molar-refractivity contribution >= 4 is 11.8 Å². The second-order valence-electron chi connectivity index (χ2n) is 3.88. The van der Waals surface area contributed by atoms with Crippen molar-refractivity contribution in [3.05, 3.63) is 12.7 Å². The smallest absolute Gasteiger partial charge is 0.246 e. The van der Waals surface area contributed by atoms with Crippen molar-refractivity contribution in [2.24, 2.45) is 0 Å². The van der Waals surface area contributed by atoms with E-state index in [1.165, 1.54) is 0 Å². The summed E-state index contributed by atoms with van der Waals surface area (Å²) in [5.41, 5.74) is 0. The van der Waals surface area contributed by atoms with E-state index in [1.807, 2.05) is 13.8 Å². The zero-order valence-electron chi connectivity index (χ0n) is 9.49. The second-order valence-corrected chi connectivity index (χ2v) is 3.88. The van der Waals surface area contributed by atoms with E-state index in [9.17, 15) is 9.59 Å². The Balaban J connectivity index is 2.98. The average Bonchev–Trinajstić information content (AvgIpc) is 2.21. The van der Waals surface area contributed by atoms with Gasteiger partial charge in [0, 0.05) is 6.04 Å². The fourth-order valence-electron chi connectivity index (χ4n) is 1.86. The minimum Gasteiger partial charge on any atom is -0.343 e. The molecule has 0 spiro atoms. The van der Waals surface area contributed by atoms with Gasteiger partial charge in [-0.15, -0.1) is 6.58 Å². The molecule has 15 heavy (non-hydrogen) atoms. The van der Waals surface area contributed by atoms with Crippen molar-refractivity contribution in [3.8, 4) is 0 Å². The molecule has 4 heteroatoms. The molecule has 1 N–H and O–H groups in total. The molecule has 0 saturated carbocycles. The lowest BCUT2D eigenvalue weighted by Gasteiger charge is -2.40. The number of piperazine rings is 1. The number of hydrogen-bond acceptors (Lipinski definition) is 2. The number of rotatable bonds is 3. The Labute approximate surface area is 90.3 Å². The first-order valence-electron chi connectivity index (χ1n) is 5.28. The summed E-state index contributed by atoms with van der Waals surface area (Å²) in [5.74, 6) is -0.104. The van der Waals surface area contributed by atoms with Crippen LogP contribution in [0.15, 0.2) is 12.7 Å². The van der Waals surface area contributed by atoms with Gasteiger partial charge in [0.2, 0.25) is 11.8 Å². The first-order chi connectivity index (χ1) is 7.02. The summed E-state index contributed by atoms with van der Waals surface area (Å²) >= 11 is 0. The van der Waals surface area contributed by atoms with E-state index in [4.69, 9.17) is 0 Å². The molecule has 4 nitrogen and oxygen atoms in total. The largest absolute Gasteiger partial charge is 0.343 e. The Morgan fingerprint density at radius 2 is 2.20 bits per heavy atom. The van der Waals surface area contributed by atoms with Gasteiger partial charge >= 0.3 is 0 Å². The van der Waals surface area contributed by atoms with Gasteiger partial charge in [-0.05, 0) is 20.3 Å². The lowest BCUT2D eigenvalue weighted by atomic mass is 10.0. The molecule has 84 valence electrons. The highest BCUT2D eigenvalue weighted by atomic mass is 16.2. The summed E-state index contributed by atoms with van der Waals surface area (Å²) in [4.78, 5) is 25.2. The molecule has 1 rings (SSSR count). The van der Waals surface area contributed by atoms with Crippen LogP contribution in [0.5, 0.6) is 0 Å². The maximum absolute atomic E-state index is 11.9. The van der Waals surface area contributed by atoms with E-state index in [1.54, 1.807) is 17.9 Å². The van der Waals surface area contributed by atoms with E-state index in [-0.39, 0.29) is 23.9 Å². The maximum atomic E-state index is 11.9. The van der Waals surface area contributed by atoms with Crippen molar-refractivity contribution in [2.45, 2.75) is 45.3 Å². The number of hydrogen-bond donors (Lipinski definition) is 1. The highest BCUT2D eigenvalue weighted by Gasteiger charge is 2.38. The molecular weight excluding hydrogens is 192 g/mol. The van der Waals surface area contributed by atoms with Crippen LogP contribution in [0.2, 0.25) is 0 Å². The summed E-state index contributed by atoms with van der Waals surface area (Å²) in [5, 5.41) is 2.67. The van der Waals surface area contributed by atoms with Gasteiger partial charge < -0.3 is 10.2 Å². The van der Waals surface area contributed by atoms with E-state index < -0.39 is 6.04 Å². The molecule has 0 radical (unpaired) electrons. The topological polar surface area (TPSA) is 49.4 Å². The summed E-state index contributed by atoms with van der Waals surface area (Å²) in [6.07, 6.45) is 2.31. The van der Waals surface area contributed by atoms with Crippen LogP contribution >= 0.6 is 0 Å². The molecule has 1 fully saturated rings. The zero-order valence-corrected chi connectivity index (χ0v) is 9.49. The van der Waals surface area contributed by atoms with E-state index >= 15 is 0 Å². The normalized spacial score (nSPS) is 28.6. The molecule has 0 bridgehead atoms. The molecule has 0 aliphatic carbocycles. The van der Waals surface area contributed by atoms with Crippen LogP contribution in [0.1, 0.15) is 27.2 Å². The van der Waals surface area contributed by atoms with Crippen molar-refractivity contribution < 1.29 is 9.59 Å². The average molecular weight is 210 g/mol. The molecule has 0 aromatic heterocycles. The molecule has 1 saturated heterocycles. The lowest BCUT2D eigenvalue weighted by Crippen LogP contribution is -2.64. The molecule has 3 unspecified atom stereocenters. The number of carbonyl (C=O) groups is 2. The summed E-state index contributed by atoms with van der Waals surface area (Å²) < 4.78 is 0. The summed E-state index contributed by atoms with van der Waals surface area (Å²) in [6, 6.07) is -0.889. The van der Waals surface area contributed by atoms with Gasteiger partial charge in [0.25, 0.3) is 0 Å². The Bertz CT molecular complexity index is 288. The number of nitrogens with one attached hydrogen (secondary N) is 1. The monoisotopic (exact) mass is 210 g/mol. The first-order valence-corrected chi connectivity index (χ1v) is 5.28. The van der Waals surface area contributed by atoms with Crippen LogP contribution < -0.4 is 5.32 Å². The molecular formula is C11H18N2O2. The second kappa shape index (κ2) is 4.47. The van der Waals surface area contributed by atoms with Gasteiger partial charge in [0.15, 0.2) is 0 Å². The summed E-state index contributed by atoms with van der Waals surface area (Å²) in [7, 11) is 0. The highest BCUT2D eigenvalue weighted by Crippen LogP contribution is 2.16. The maximum Gasteiger partial charge on any atom is 0.246 e. The Hall–Kier alpha value is -1.32. The van der Waals surface area contributed by atoms with E-state index in [2.05, 4.69) is 11.9 Å².